The van der Waals surface area contributed by atoms with Crippen molar-refractivity contribution in [1.82, 2.24) is 0 Å². The molecule has 0 spiro atoms. The number of aliphatic hydroxyl groups excluding tert-OH is 3. The average molecular weight is 326 g/mol. The van der Waals surface area contributed by atoms with Crippen molar-refractivity contribution in [3.8, 4) is 0 Å². The molecule has 0 radical (unpaired) electrons. The topological polar surface area (TPSA) is 98.0 Å². The van der Waals surface area contributed by atoms with Gasteiger partial charge in [-0.15, -0.1) is 0 Å². The zero-order chi connectivity index (χ0) is 17.2. The number of rotatable bonds is 10. The fourth-order valence-corrected chi connectivity index (χ4v) is 3.16. The van der Waals surface area contributed by atoms with Crippen LogP contribution in [-0.4, -0.2) is 44.7 Å². The number of hydrogen-bond acceptors (Lipinski definition) is 4. The van der Waals surface area contributed by atoms with Crippen molar-refractivity contribution in [2.24, 2.45) is 11.8 Å². The number of aliphatic carboxylic acids is 1. The van der Waals surface area contributed by atoms with Crippen LogP contribution in [-0.2, 0) is 4.79 Å². The van der Waals surface area contributed by atoms with Crippen LogP contribution in [0.15, 0.2) is 24.3 Å². The van der Waals surface area contributed by atoms with Crippen LogP contribution in [0.3, 0.4) is 0 Å². The normalized spacial score (nSPS) is 29.6. The minimum atomic E-state index is -0.765. The number of aliphatic hydroxyl groups is 3. The van der Waals surface area contributed by atoms with Crippen LogP contribution in [0.1, 0.15) is 51.9 Å². The van der Waals surface area contributed by atoms with Gasteiger partial charge in [0.15, 0.2) is 0 Å². The highest BCUT2D eigenvalue weighted by molar-refractivity contribution is 5.66. The number of carboxylic acid groups (broad SMARTS) is 1. The van der Waals surface area contributed by atoms with Gasteiger partial charge in [0, 0.05) is 18.8 Å². The zero-order valence-corrected chi connectivity index (χ0v) is 13.8. The smallest absolute Gasteiger partial charge is 0.303 e. The van der Waals surface area contributed by atoms with Crippen LogP contribution in [0.25, 0.3) is 0 Å². The SMILES string of the molecule is CC[C@@H]1[C@H](/C=C/[C@H](O)C/C=C\CCCCC(=O)O)[C@H](O)C[C@@H]1O. The Morgan fingerprint density at radius 3 is 2.61 bits per heavy atom. The van der Waals surface area contributed by atoms with Gasteiger partial charge >= 0.3 is 5.97 Å². The lowest BCUT2D eigenvalue weighted by Crippen LogP contribution is -2.20. The first-order valence-corrected chi connectivity index (χ1v) is 8.55. The number of hydrogen-bond donors (Lipinski definition) is 4. The molecule has 5 nitrogen and oxygen atoms in total. The number of carboxylic acids is 1. The van der Waals surface area contributed by atoms with Crippen molar-refractivity contribution in [1.29, 1.82) is 0 Å². The maximum Gasteiger partial charge on any atom is 0.303 e. The monoisotopic (exact) mass is 326 g/mol. The highest BCUT2D eigenvalue weighted by atomic mass is 16.4. The van der Waals surface area contributed by atoms with Crippen LogP contribution in [0.5, 0.6) is 0 Å². The summed E-state index contributed by atoms with van der Waals surface area (Å²) in [6.45, 7) is 2.00. The summed E-state index contributed by atoms with van der Waals surface area (Å²) in [5, 5.41) is 38.3. The fourth-order valence-electron chi connectivity index (χ4n) is 3.16. The van der Waals surface area contributed by atoms with E-state index in [0.29, 0.717) is 19.3 Å². The van der Waals surface area contributed by atoms with Gasteiger partial charge < -0.3 is 20.4 Å². The molecule has 1 saturated carbocycles. The summed E-state index contributed by atoms with van der Waals surface area (Å²) in [6.07, 6.45) is 10.0. The Balaban J connectivity index is 2.27. The molecule has 0 aromatic heterocycles. The molecule has 5 heteroatoms. The standard InChI is InChI=1S/C18H30O5/c1-2-14-15(17(21)12-16(14)20)11-10-13(19)8-6-4-3-5-7-9-18(22)23/h4,6,10-11,13-17,19-21H,2-3,5,7-9,12H2,1H3,(H,22,23)/b6-4-,11-10+/t13-,14-,15+,16+,17-/m1/s1. The summed E-state index contributed by atoms with van der Waals surface area (Å²) in [4.78, 5) is 10.4. The second-order valence-electron chi connectivity index (χ2n) is 6.32. The van der Waals surface area contributed by atoms with Crippen LogP contribution in [0, 0.1) is 11.8 Å². The molecule has 0 saturated heterocycles. The van der Waals surface area contributed by atoms with Crippen molar-refractivity contribution >= 4 is 5.97 Å². The van der Waals surface area contributed by atoms with E-state index in [2.05, 4.69) is 0 Å². The lowest BCUT2D eigenvalue weighted by molar-refractivity contribution is -0.137. The van der Waals surface area contributed by atoms with Gasteiger partial charge in [0.05, 0.1) is 18.3 Å². The molecule has 5 atom stereocenters. The van der Waals surface area contributed by atoms with E-state index >= 15 is 0 Å². The predicted octanol–water partition coefficient (Wildman–Crippen LogP) is 2.26. The highest BCUT2D eigenvalue weighted by Gasteiger charge is 2.38. The molecule has 0 heterocycles. The van der Waals surface area contributed by atoms with Gasteiger partial charge in [-0.2, -0.15) is 0 Å². The van der Waals surface area contributed by atoms with Gasteiger partial charge in [-0.05, 0) is 31.6 Å². The van der Waals surface area contributed by atoms with Crippen LogP contribution < -0.4 is 0 Å². The molecule has 0 aromatic carbocycles. The molecule has 0 amide bonds. The second kappa shape index (κ2) is 10.6. The van der Waals surface area contributed by atoms with E-state index in [1.165, 1.54) is 0 Å². The van der Waals surface area contributed by atoms with Gasteiger partial charge in [0.2, 0.25) is 0 Å². The second-order valence-corrected chi connectivity index (χ2v) is 6.32. The van der Waals surface area contributed by atoms with E-state index in [4.69, 9.17) is 5.11 Å². The Morgan fingerprint density at radius 2 is 1.96 bits per heavy atom. The van der Waals surface area contributed by atoms with E-state index in [1.807, 2.05) is 25.2 Å². The molecule has 0 bridgehead atoms. The summed E-state index contributed by atoms with van der Waals surface area (Å²) in [7, 11) is 0. The molecule has 0 unspecified atom stereocenters. The molecule has 1 aliphatic rings. The fraction of sp³-hybridized carbons (Fsp3) is 0.722. The number of allylic oxidation sites excluding steroid dienone is 1. The summed E-state index contributed by atoms with van der Waals surface area (Å²) in [5.74, 6) is -0.804. The Hall–Kier alpha value is -1.17. The van der Waals surface area contributed by atoms with Crippen molar-refractivity contribution in [3.05, 3.63) is 24.3 Å². The molecular formula is C18H30O5. The molecule has 0 aromatic rings. The largest absolute Gasteiger partial charge is 0.481 e. The number of unbranched alkanes of at least 4 members (excludes halogenated alkanes) is 2. The van der Waals surface area contributed by atoms with E-state index in [1.54, 1.807) is 6.08 Å². The zero-order valence-electron chi connectivity index (χ0n) is 13.8. The molecule has 0 aliphatic heterocycles. The maximum absolute atomic E-state index is 10.4. The Labute approximate surface area is 138 Å². The third-order valence-corrected chi connectivity index (χ3v) is 4.50. The summed E-state index contributed by atoms with van der Waals surface area (Å²) >= 11 is 0. The van der Waals surface area contributed by atoms with E-state index in [-0.39, 0.29) is 18.3 Å². The Kier molecular flexibility index (Phi) is 9.14. The summed E-state index contributed by atoms with van der Waals surface area (Å²) < 4.78 is 0. The molecule has 4 N–H and O–H groups in total. The van der Waals surface area contributed by atoms with Crippen molar-refractivity contribution in [2.45, 2.75) is 70.2 Å². The average Bonchev–Trinajstić information content (AvgIpc) is 2.76. The van der Waals surface area contributed by atoms with Gasteiger partial charge in [-0.1, -0.05) is 37.6 Å². The first kappa shape index (κ1) is 19.9. The lowest BCUT2D eigenvalue weighted by Gasteiger charge is -2.19. The summed E-state index contributed by atoms with van der Waals surface area (Å²) in [5.41, 5.74) is 0. The third kappa shape index (κ3) is 7.29. The lowest BCUT2D eigenvalue weighted by atomic mass is 9.90. The van der Waals surface area contributed by atoms with Gasteiger partial charge in [-0.25, -0.2) is 0 Å². The summed E-state index contributed by atoms with van der Waals surface area (Å²) in [6, 6.07) is 0. The van der Waals surface area contributed by atoms with Crippen LogP contribution >= 0.6 is 0 Å². The minimum absolute atomic E-state index is 0.0539. The predicted molar refractivity (Wildman–Crippen MR) is 88.9 cm³/mol. The van der Waals surface area contributed by atoms with Crippen LogP contribution in [0.4, 0.5) is 0 Å². The molecule has 1 rings (SSSR count). The molecule has 1 aliphatic carbocycles. The molecular weight excluding hydrogens is 296 g/mol. The maximum atomic E-state index is 10.4. The Bertz CT molecular complexity index is 404. The highest BCUT2D eigenvalue weighted by Crippen LogP contribution is 2.35. The van der Waals surface area contributed by atoms with Crippen molar-refractivity contribution in [2.75, 3.05) is 0 Å². The van der Waals surface area contributed by atoms with Crippen molar-refractivity contribution in [3.63, 3.8) is 0 Å². The van der Waals surface area contributed by atoms with Gasteiger partial charge in [0.25, 0.3) is 0 Å². The Morgan fingerprint density at radius 1 is 1.22 bits per heavy atom. The van der Waals surface area contributed by atoms with Gasteiger partial charge in [-0.3, -0.25) is 4.79 Å². The number of carbonyl (C=O) groups is 1. The molecule has 23 heavy (non-hydrogen) atoms. The van der Waals surface area contributed by atoms with Gasteiger partial charge in [0.1, 0.15) is 0 Å². The minimum Gasteiger partial charge on any atom is -0.481 e. The van der Waals surface area contributed by atoms with E-state index < -0.39 is 24.3 Å². The first-order valence-electron chi connectivity index (χ1n) is 8.55. The first-order chi connectivity index (χ1) is 11.0. The van der Waals surface area contributed by atoms with E-state index in [9.17, 15) is 20.1 Å². The van der Waals surface area contributed by atoms with Crippen LogP contribution in [0.2, 0.25) is 0 Å². The molecule has 132 valence electrons. The molecule has 1 fully saturated rings. The van der Waals surface area contributed by atoms with Crippen molar-refractivity contribution < 1.29 is 25.2 Å². The quantitative estimate of drug-likeness (QED) is 0.365. The van der Waals surface area contributed by atoms with E-state index in [0.717, 1.165) is 19.3 Å². The third-order valence-electron chi connectivity index (χ3n) is 4.50.